The van der Waals surface area contributed by atoms with Crippen LogP contribution >= 0.6 is 12.2 Å². The Morgan fingerprint density at radius 3 is 2.30 bits per heavy atom. The van der Waals surface area contributed by atoms with Gasteiger partial charge in [-0.1, -0.05) is 48.6 Å². The first-order valence-corrected chi connectivity index (χ1v) is 7.58. The Morgan fingerprint density at radius 1 is 1.04 bits per heavy atom. The van der Waals surface area contributed by atoms with Gasteiger partial charge < -0.3 is 5.32 Å². The second-order valence-electron chi connectivity index (χ2n) is 5.05. The first-order chi connectivity index (χ1) is 11.2. The second kappa shape index (κ2) is 6.54. The number of nitrogens with one attached hydrogen (secondary N) is 1. The van der Waals surface area contributed by atoms with Crippen molar-refractivity contribution in [2.75, 3.05) is 5.32 Å². The highest BCUT2D eigenvalue weighted by Crippen LogP contribution is 2.14. The Bertz CT molecular complexity index is 841. The van der Waals surface area contributed by atoms with Crippen LogP contribution in [0.1, 0.15) is 21.6 Å². The summed E-state index contributed by atoms with van der Waals surface area (Å²) in [5.74, 6) is -0.170. The second-order valence-corrected chi connectivity index (χ2v) is 5.46. The predicted octanol–water partition coefficient (Wildman–Crippen LogP) is 3.67. The molecule has 0 aliphatic rings. The van der Waals surface area contributed by atoms with Crippen LogP contribution in [0.25, 0.3) is 0 Å². The maximum atomic E-state index is 12.5. The van der Waals surface area contributed by atoms with Crippen molar-refractivity contribution < 1.29 is 4.79 Å². The molecule has 1 aromatic heterocycles. The predicted molar refractivity (Wildman–Crippen MR) is 94.9 cm³/mol. The molecule has 0 amide bonds. The molecular weight excluding hydrogens is 306 g/mol. The molecule has 4 nitrogen and oxygen atoms in total. The molecule has 0 saturated heterocycles. The monoisotopic (exact) mass is 321 g/mol. The largest absolute Gasteiger partial charge is 0.346 e. The van der Waals surface area contributed by atoms with E-state index in [1.807, 2.05) is 55.5 Å². The van der Waals surface area contributed by atoms with E-state index in [0.717, 1.165) is 11.3 Å². The van der Waals surface area contributed by atoms with Crippen molar-refractivity contribution in [3.05, 3.63) is 83.7 Å². The van der Waals surface area contributed by atoms with Gasteiger partial charge in [-0.25, -0.2) is 4.68 Å². The van der Waals surface area contributed by atoms with Gasteiger partial charge in [-0.2, -0.15) is 5.10 Å². The van der Waals surface area contributed by atoms with Crippen LogP contribution < -0.4 is 5.32 Å². The van der Waals surface area contributed by atoms with Crippen molar-refractivity contribution in [2.45, 2.75) is 6.92 Å². The molecule has 0 aliphatic carbocycles. The third kappa shape index (κ3) is 3.19. The van der Waals surface area contributed by atoms with E-state index in [4.69, 9.17) is 12.2 Å². The number of hydrogen-bond donors (Lipinski definition) is 1. The number of nitrogens with zero attached hydrogens (tertiary/aromatic N) is 2. The zero-order chi connectivity index (χ0) is 16.2. The minimum absolute atomic E-state index is 0.170. The summed E-state index contributed by atoms with van der Waals surface area (Å²) in [6, 6.07) is 18.7. The molecule has 1 heterocycles. The van der Waals surface area contributed by atoms with Crippen LogP contribution in [0.2, 0.25) is 0 Å². The summed E-state index contributed by atoms with van der Waals surface area (Å²) in [5.41, 5.74) is 2.95. The third-order valence-corrected chi connectivity index (χ3v) is 3.82. The van der Waals surface area contributed by atoms with E-state index < -0.39 is 0 Å². The van der Waals surface area contributed by atoms with Gasteiger partial charge in [0, 0.05) is 11.3 Å². The third-order valence-electron chi connectivity index (χ3n) is 3.50. The van der Waals surface area contributed by atoms with E-state index in [-0.39, 0.29) is 5.91 Å². The minimum atomic E-state index is -0.170. The molecule has 0 atom stereocenters. The van der Waals surface area contributed by atoms with E-state index in [1.54, 1.807) is 18.3 Å². The van der Waals surface area contributed by atoms with Gasteiger partial charge in [-0.15, -0.1) is 0 Å². The molecule has 5 heteroatoms. The van der Waals surface area contributed by atoms with Crippen molar-refractivity contribution in [3.63, 3.8) is 0 Å². The van der Waals surface area contributed by atoms with Crippen molar-refractivity contribution in [2.24, 2.45) is 0 Å². The van der Waals surface area contributed by atoms with Crippen LogP contribution in [0, 0.1) is 6.92 Å². The molecule has 0 aliphatic heterocycles. The molecule has 0 saturated carbocycles. The van der Waals surface area contributed by atoms with Gasteiger partial charge in [-0.3, -0.25) is 4.79 Å². The molecule has 3 rings (SSSR count). The Balaban J connectivity index is 1.85. The normalized spacial score (nSPS) is 10.3. The molecule has 0 radical (unpaired) electrons. The van der Waals surface area contributed by atoms with Crippen LogP contribution in [0.5, 0.6) is 0 Å². The standard InChI is InChI=1S/C18H15N3OS/c1-13-16(17(23)20-15-10-6-3-7-11-15)12-19-21(13)18(22)14-8-4-2-5-9-14/h2-12H,1H3,(H,20,23). The fourth-order valence-corrected chi connectivity index (χ4v) is 2.58. The smallest absolute Gasteiger partial charge is 0.278 e. The van der Waals surface area contributed by atoms with Crippen LogP contribution in [0.3, 0.4) is 0 Å². The number of rotatable bonds is 3. The van der Waals surface area contributed by atoms with E-state index in [9.17, 15) is 4.79 Å². The Kier molecular flexibility index (Phi) is 4.30. The van der Waals surface area contributed by atoms with Crippen molar-refractivity contribution >= 4 is 28.8 Å². The average molecular weight is 321 g/mol. The highest BCUT2D eigenvalue weighted by atomic mass is 32.1. The van der Waals surface area contributed by atoms with Gasteiger partial charge in [0.25, 0.3) is 5.91 Å². The van der Waals surface area contributed by atoms with E-state index in [0.29, 0.717) is 16.2 Å². The lowest BCUT2D eigenvalue weighted by atomic mass is 10.2. The number of thiocarbonyl (C=S) groups is 1. The summed E-state index contributed by atoms with van der Waals surface area (Å²) in [7, 11) is 0. The summed E-state index contributed by atoms with van der Waals surface area (Å²) in [4.78, 5) is 13.0. The lowest BCUT2D eigenvalue weighted by Crippen LogP contribution is -2.17. The van der Waals surface area contributed by atoms with Gasteiger partial charge in [-0.05, 0) is 31.2 Å². The van der Waals surface area contributed by atoms with Crippen LogP contribution in [-0.2, 0) is 0 Å². The van der Waals surface area contributed by atoms with Gasteiger partial charge in [0.1, 0.15) is 4.99 Å². The van der Waals surface area contributed by atoms with Gasteiger partial charge >= 0.3 is 0 Å². The fourth-order valence-electron chi connectivity index (χ4n) is 2.26. The van der Waals surface area contributed by atoms with Crippen molar-refractivity contribution in [1.82, 2.24) is 9.78 Å². The van der Waals surface area contributed by atoms with Crippen LogP contribution in [0.15, 0.2) is 66.9 Å². The van der Waals surface area contributed by atoms with E-state index in [1.165, 1.54) is 4.68 Å². The van der Waals surface area contributed by atoms with Gasteiger partial charge in [0.2, 0.25) is 0 Å². The zero-order valence-electron chi connectivity index (χ0n) is 12.6. The molecule has 3 aromatic rings. The summed E-state index contributed by atoms with van der Waals surface area (Å²) in [6.07, 6.45) is 1.62. The molecule has 0 spiro atoms. The first kappa shape index (κ1) is 15.1. The Labute approximate surface area is 139 Å². The van der Waals surface area contributed by atoms with Crippen LogP contribution in [-0.4, -0.2) is 20.7 Å². The molecule has 2 aromatic carbocycles. The molecule has 114 valence electrons. The summed E-state index contributed by atoms with van der Waals surface area (Å²) in [6.45, 7) is 1.84. The van der Waals surface area contributed by atoms with E-state index in [2.05, 4.69) is 10.4 Å². The zero-order valence-corrected chi connectivity index (χ0v) is 13.4. The first-order valence-electron chi connectivity index (χ1n) is 7.17. The fraction of sp³-hybridized carbons (Fsp3) is 0.0556. The average Bonchev–Trinajstić information content (AvgIpc) is 2.97. The summed E-state index contributed by atoms with van der Waals surface area (Å²) < 4.78 is 1.38. The lowest BCUT2D eigenvalue weighted by Gasteiger charge is -2.08. The SMILES string of the molecule is Cc1c(C(=S)Nc2ccccc2)cnn1C(=O)c1ccccc1. The number of benzene rings is 2. The maximum Gasteiger partial charge on any atom is 0.278 e. The molecular formula is C18H15N3OS. The number of carbonyl (C=O) groups excluding carboxylic acids is 1. The highest BCUT2D eigenvalue weighted by molar-refractivity contribution is 7.81. The lowest BCUT2D eigenvalue weighted by molar-refractivity contribution is 0.0943. The quantitative estimate of drug-likeness (QED) is 0.748. The molecule has 0 fully saturated rings. The number of hydrogen-bond acceptors (Lipinski definition) is 3. The van der Waals surface area contributed by atoms with Crippen molar-refractivity contribution in [3.8, 4) is 0 Å². The Hall–Kier alpha value is -2.79. The summed E-state index contributed by atoms with van der Waals surface area (Å²) in [5, 5.41) is 7.35. The summed E-state index contributed by atoms with van der Waals surface area (Å²) >= 11 is 5.43. The van der Waals surface area contributed by atoms with Gasteiger partial charge in [0.05, 0.1) is 17.5 Å². The topological polar surface area (TPSA) is 46.9 Å². The highest BCUT2D eigenvalue weighted by Gasteiger charge is 2.17. The van der Waals surface area contributed by atoms with Crippen molar-refractivity contribution in [1.29, 1.82) is 0 Å². The Morgan fingerprint density at radius 2 is 1.65 bits per heavy atom. The number of anilines is 1. The number of para-hydroxylation sites is 1. The molecule has 1 N–H and O–H groups in total. The minimum Gasteiger partial charge on any atom is -0.346 e. The number of carbonyl (C=O) groups is 1. The van der Waals surface area contributed by atoms with E-state index >= 15 is 0 Å². The molecule has 0 bridgehead atoms. The number of aromatic nitrogens is 2. The van der Waals surface area contributed by atoms with Gasteiger partial charge in [0.15, 0.2) is 0 Å². The maximum absolute atomic E-state index is 12.5. The molecule has 23 heavy (non-hydrogen) atoms. The molecule has 0 unspecified atom stereocenters. The van der Waals surface area contributed by atoms with Crippen LogP contribution in [0.4, 0.5) is 5.69 Å².